The van der Waals surface area contributed by atoms with E-state index in [2.05, 4.69) is 0 Å². The van der Waals surface area contributed by atoms with Gasteiger partial charge in [0, 0.05) is 0 Å². The number of rotatable bonds is 6. The number of carbonyl (C=O) groups is 1. The molecule has 0 atom stereocenters. The van der Waals surface area contributed by atoms with Crippen LogP contribution in [0.2, 0.25) is 0 Å². The number of hydrogen-bond acceptors (Lipinski definition) is 3. The monoisotopic (exact) mass is 270 g/mol. The van der Waals surface area contributed by atoms with Crippen LogP contribution in [-0.4, -0.2) is 12.9 Å². The first-order valence-corrected chi connectivity index (χ1v) is 6.64. The largest absolute Gasteiger partial charge is 0.490 e. The molecule has 3 heteroatoms. The molecule has 2 aromatic carbocycles. The second-order valence-electron chi connectivity index (χ2n) is 4.44. The molecular formula is C17H18O3. The van der Waals surface area contributed by atoms with Crippen LogP contribution in [0.3, 0.4) is 0 Å². The lowest BCUT2D eigenvalue weighted by Crippen LogP contribution is -2.03. The Morgan fingerprint density at radius 2 is 1.85 bits per heavy atom. The first-order chi connectivity index (χ1) is 9.76. The fourth-order valence-corrected chi connectivity index (χ4v) is 1.97. The van der Waals surface area contributed by atoms with Crippen LogP contribution >= 0.6 is 0 Å². The van der Waals surface area contributed by atoms with Gasteiger partial charge in [-0.15, -0.1) is 0 Å². The minimum atomic E-state index is 0.414. The molecule has 0 aromatic heterocycles. The van der Waals surface area contributed by atoms with Crippen molar-refractivity contribution in [2.24, 2.45) is 0 Å². The summed E-state index contributed by atoms with van der Waals surface area (Å²) in [4.78, 5) is 11.1. The summed E-state index contributed by atoms with van der Waals surface area (Å²) < 4.78 is 11.3. The zero-order chi connectivity index (χ0) is 14.4. The lowest BCUT2D eigenvalue weighted by Gasteiger charge is -2.14. The summed E-state index contributed by atoms with van der Waals surface area (Å²) in [5.41, 5.74) is 2.76. The number of benzene rings is 2. The van der Waals surface area contributed by atoms with Gasteiger partial charge in [0.1, 0.15) is 6.61 Å². The number of ether oxygens (including phenoxy) is 2. The van der Waals surface area contributed by atoms with Crippen LogP contribution in [-0.2, 0) is 6.61 Å². The van der Waals surface area contributed by atoms with E-state index in [4.69, 9.17) is 9.47 Å². The molecule has 20 heavy (non-hydrogen) atoms. The summed E-state index contributed by atoms with van der Waals surface area (Å²) in [6.07, 6.45) is 0.787. The van der Waals surface area contributed by atoms with Crippen molar-refractivity contribution >= 4 is 6.29 Å². The summed E-state index contributed by atoms with van der Waals surface area (Å²) in [5, 5.41) is 0. The van der Waals surface area contributed by atoms with Crippen LogP contribution in [0.1, 0.15) is 28.4 Å². The molecule has 2 rings (SSSR count). The maximum absolute atomic E-state index is 11.1. The molecular weight excluding hydrogens is 252 g/mol. The molecule has 0 aliphatic heterocycles. The number of aldehydes is 1. The van der Waals surface area contributed by atoms with E-state index in [0.29, 0.717) is 30.3 Å². The van der Waals surface area contributed by atoms with Crippen LogP contribution in [0.5, 0.6) is 11.5 Å². The van der Waals surface area contributed by atoms with E-state index in [9.17, 15) is 4.79 Å². The molecule has 104 valence electrons. The van der Waals surface area contributed by atoms with E-state index in [1.165, 1.54) is 0 Å². The second kappa shape index (κ2) is 6.75. The Hall–Kier alpha value is -2.29. The summed E-state index contributed by atoms with van der Waals surface area (Å²) in [7, 11) is 0. The molecule has 0 aliphatic carbocycles. The van der Waals surface area contributed by atoms with Crippen molar-refractivity contribution in [3.05, 3.63) is 59.2 Å². The fourth-order valence-electron chi connectivity index (χ4n) is 1.97. The molecule has 0 amide bonds. The quantitative estimate of drug-likeness (QED) is 0.749. The fraction of sp³-hybridized carbons (Fsp3) is 0.235. The molecule has 0 heterocycles. The van der Waals surface area contributed by atoms with Gasteiger partial charge in [-0.3, -0.25) is 4.79 Å². The molecule has 0 N–H and O–H groups in total. The smallest absolute Gasteiger partial charge is 0.172 e. The third-order valence-corrected chi connectivity index (χ3v) is 3.07. The van der Waals surface area contributed by atoms with Crippen LogP contribution in [0.25, 0.3) is 0 Å². The summed E-state index contributed by atoms with van der Waals surface area (Å²) in [6, 6.07) is 13.3. The maximum atomic E-state index is 11.1. The Balaban J connectivity index is 2.24. The topological polar surface area (TPSA) is 35.5 Å². The average molecular weight is 270 g/mol. The number of aryl methyl sites for hydroxylation is 1. The maximum Gasteiger partial charge on any atom is 0.172 e. The highest BCUT2D eigenvalue weighted by atomic mass is 16.5. The molecule has 0 fully saturated rings. The second-order valence-corrected chi connectivity index (χ2v) is 4.44. The molecule has 0 unspecified atom stereocenters. The molecule has 0 radical (unpaired) electrons. The van der Waals surface area contributed by atoms with E-state index in [1.807, 2.05) is 44.2 Å². The minimum Gasteiger partial charge on any atom is -0.490 e. The summed E-state index contributed by atoms with van der Waals surface area (Å²) in [5.74, 6) is 1.11. The van der Waals surface area contributed by atoms with Crippen molar-refractivity contribution in [2.75, 3.05) is 6.61 Å². The summed E-state index contributed by atoms with van der Waals surface area (Å²) in [6.45, 7) is 4.88. The third-order valence-electron chi connectivity index (χ3n) is 3.07. The predicted octanol–water partition coefficient (Wildman–Crippen LogP) is 3.79. The predicted molar refractivity (Wildman–Crippen MR) is 78.5 cm³/mol. The van der Waals surface area contributed by atoms with Crippen molar-refractivity contribution in [3.8, 4) is 11.5 Å². The van der Waals surface area contributed by atoms with Crippen molar-refractivity contribution in [1.82, 2.24) is 0 Å². The zero-order valence-corrected chi connectivity index (χ0v) is 11.8. The van der Waals surface area contributed by atoms with Gasteiger partial charge < -0.3 is 9.47 Å². The van der Waals surface area contributed by atoms with Gasteiger partial charge in [-0.1, -0.05) is 30.3 Å². The molecule has 2 aromatic rings. The van der Waals surface area contributed by atoms with E-state index >= 15 is 0 Å². The molecule has 0 saturated carbocycles. The number of carbonyl (C=O) groups excluding carboxylic acids is 1. The minimum absolute atomic E-state index is 0.414. The van der Waals surface area contributed by atoms with Gasteiger partial charge in [0.05, 0.1) is 12.2 Å². The highest BCUT2D eigenvalue weighted by Crippen LogP contribution is 2.31. The van der Waals surface area contributed by atoms with E-state index in [1.54, 1.807) is 12.1 Å². The highest BCUT2D eigenvalue weighted by molar-refractivity contribution is 5.81. The van der Waals surface area contributed by atoms with Crippen LogP contribution < -0.4 is 9.47 Å². The van der Waals surface area contributed by atoms with Gasteiger partial charge in [0.15, 0.2) is 17.8 Å². The number of hydrogen-bond donors (Lipinski definition) is 0. The molecule has 0 aliphatic rings. The normalized spacial score (nSPS) is 10.1. The molecule has 3 nitrogen and oxygen atoms in total. The van der Waals surface area contributed by atoms with Crippen molar-refractivity contribution in [2.45, 2.75) is 20.5 Å². The molecule has 0 bridgehead atoms. The highest BCUT2D eigenvalue weighted by Gasteiger charge is 2.11. The Kier molecular flexibility index (Phi) is 4.77. The lowest BCUT2D eigenvalue weighted by atomic mass is 10.1. The molecule has 0 spiro atoms. The van der Waals surface area contributed by atoms with Crippen LogP contribution in [0.15, 0.2) is 42.5 Å². The van der Waals surface area contributed by atoms with Gasteiger partial charge >= 0.3 is 0 Å². The summed E-state index contributed by atoms with van der Waals surface area (Å²) >= 11 is 0. The lowest BCUT2D eigenvalue weighted by molar-refractivity contribution is 0.111. The Morgan fingerprint density at radius 3 is 2.55 bits per heavy atom. The van der Waals surface area contributed by atoms with Crippen LogP contribution in [0.4, 0.5) is 0 Å². The van der Waals surface area contributed by atoms with Gasteiger partial charge in [-0.2, -0.15) is 0 Å². The van der Waals surface area contributed by atoms with E-state index in [0.717, 1.165) is 17.4 Å². The van der Waals surface area contributed by atoms with Crippen molar-refractivity contribution in [3.63, 3.8) is 0 Å². The standard InChI is InChI=1S/C17H18O3/c1-3-19-16-10-6-9-14(11-18)17(16)20-12-15-8-5-4-7-13(15)2/h4-11H,3,12H2,1-2H3. The van der Waals surface area contributed by atoms with Gasteiger partial charge in [-0.25, -0.2) is 0 Å². The average Bonchev–Trinajstić information content (AvgIpc) is 2.47. The Morgan fingerprint density at radius 1 is 1.05 bits per heavy atom. The Labute approximate surface area is 119 Å². The zero-order valence-electron chi connectivity index (χ0n) is 11.8. The van der Waals surface area contributed by atoms with E-state index < -0.39 is 0 Å². The van der Waals surface area contributed by atoms with Crippen molar-refractivity contribution in [1.29, 1.82) is 0 Å². The SMILES string of the molecule is CCOc1cccc(C=O)c1OCc1ccccc1C. The van der Waals surface area contributed by atoms with Crippen LogP contribution in [0, 0.1) is 6.92 Å². The number of para-hydroxylation sites is 1. The first kappa shape index (κ1) is 14.1. The Bertz CT molecular complexity index is 591. The van der Waals surface area contributed by atoms with Gasteiger partial charge in [0.2, 0.25) is 0 Å². The first-order valence-electron chi connectivity index (χ1n) is 6.64. The van der Waals surface area contributed by atoms with Crippen molar-refractivity contribution < 1.29 is 14.3 Å². The molecule has 0 saturated heterocycles. The van der Waals surface area contributed by atoms with Gasteiger partial charge in [0.25, 0.3) is 0 Å². The van der Waals surface area contributed by atoms with Gasteiger partial charge in [-0.05, 0) is 37.1 Å². The van der Waals surface area contributed by atoms with E-state index in [-0.39, 0.29) is 0 Å². The third kappa shape index (κ3) is 3.18.